The molecule has 1 atom stereocenters. The van der Waals surface area contributed by atoms with Crippen LogP contribution in [0.25, 0.3) is 0 Å². The number of rotatable bonds is 12. The number of hydrogen-bond acceptors (Lipinski definition) is 4. The van der Waals surface area contributed by atoms with Crippen LogP contribution in [0.15, 0.2) is 119 Å². The fourth-order valence-electron chi connectivity index (χ4n) is 5.96. The first kappa shape index (κ1) is 33.4. The van der Waals surface area contributed by atoms with Crippen LogP contribution in [0.3, 0.4) is 0 Å². The van der Waals surface area contributed by atoms with Crippen molar-refractivity contribution in [2.75, 3.05) is 10.8 Å². The van der Waals surface area contributed by atoms with E-state index < -0.39 is 28.5 Å². The molecule has 1 saturated carbocycles. The molecule has 0 unspecified atom stereocenters. The predicted octanol–water partition coefficient (Wildman–Crippen LogP) is 7.04. The van der Waals surface area contributed by atoms with Crippen molar-refractivity contribution in [1.29, 1.82) is 0 Å². The number of carbonyl (C=O) groups is 2. The van der Waals surface area contributed by atoms with Gasteiger partial charge in [-0.2, -0.15) is 0 Å². The molecule has 240 valence electrons. The number of carbonyl (C=O) groups excluding carboxylic acids is 2. The highest BCUT2D eigenvalue weighted by molar-refractivity contribution is 9.10. The lowest BCUT2D eigenvalue weighted by atomic mass is 9.94. The van der Waals surface area contributed by atoms with Gasteiger partial charge < -0.3 is 10.2 Å². The lowest BCUT2D eigenvalue weighted by Gasteiger charge is -2.35. The summed E-state index contributed by atoms with van der Waals surface area (Å²) in [4.78, 5) is 30.5. The third kappa shape index (κ3) is 8.44. The van der Waals surface area contributed by atoms with Crippen molar-refractivity contribution in [1.82, 2.24) is 10.2 Å². The summed E-state index contributed by atoms with van der Waals surface area (Å²) < 4.78 is 30.4. The number of sulfonamides is 1. The lowest BCUT2D eigenvalue weighted by Crippen LogP contribution is -2.55. The van der Waals surface area contributed by atoms with E-state index in [2.05, 4.69) is 21.2 Å². The first-order valence-corrected chi connectivity index (χ1v) is 18.0. The average Bonchev–Trinajstić information content (AvgIpc) is 3.07. The van der Waals surface area contributed by atoms with Crippen LogP contribution < -0.4 is 9.62 Å². The fraction of sp³-hybridized carbons (Fsp3) is 0.297. The van der Waals surface area contributed by atoms with Gasteiger partial charge in [0.2, 0.25) is 11.8 Å². The molecule has 1 fully saturated rings. The summed E-state index contributed by atoms with van der Waals surface area (Å²) in [5.74, 6) is -0.694. The monoisotopic (exact) mass is 701 g/mol. The molecular weight excluding hydrogens is 662 g/mol. The fourth-order valence-corrected chi connectivity index (χ4v) is 7.73. The first-order chi connectivity index (χ1) is 22.2. The van der Waals surface area contributed by atoms with Crippen LogP contribution >= 0.6 is 15.9 Å². The Labute approximate surface area is 280 Å². The summed E-state index contributed by atoms with van der Waals surface area (Å²) in [6, 6.07) is 31.7. The Kier molecular flexibility index (Phi) is 11.3. The Hall–Kier alpha value is -3.95. The van der Waals surface area contributed by atoms with Crippen LogP contribution in [-0.4, -0.2) is 43.8 Å². The topological polar surface area (TPSA) is 86.8 Å². The Morgan fingerprint density at radius 3 is 2.07 bits per heavy atom. The highest BCUT2D eigenvalue weighted by Crippen LogP contribution is 2.28. The molecule has 1 N–H and O–H groups in total. The molecule has 4 aromatic carbocycles. The molecule has 0 radical (unpaired) electrons. The second kappa shape index (κ2) is 15.6. The van der Waals surface area contributed by atoms with E-state index in [4.69, 9.17) is 0 Å². The van der Waals surface area contributed by atoms with Crippen molar-refractivity contribution in [3.8, 4) is 0 Å². The summed E-state index contributed by atoms with van der Waals surface area (Å²) in [6.07, 6.45) is 5.36. The largest absolute Gasteiger partial charge is 0.352 e. The molecule has 0 bridgehead atoms. The molecule has 0 heterocycles. The minimum absolute atomic E-state index is 0.0473. The van der Waals surface area contributed by atoms with Gasteiger partial charge in [-0.1, -0.05) is 114 Å². The molecule has 5 rings (SSSR count). The van der Waals surface area contributed by atoms with Gasteiger partial charge in [-0.3, -0.25) is 13.9 Å². The SMILES string of the molecule is Cc1ccccc1N(CC(=O)N(Cc1ccc(Br)cc1)[C@@H](Cc1ccccc1)C(=O)NC1CCCCC1)S(=O)(=O)c1ccccc1. The van der Waals surface area contributed by atoms with Crippen LogP contribution in [-0.2, 0) is 32.6 Å². The van der Waals surface area contributed by atoms with Gasteiger partial charge in [0, 0.05) is 23.5 Å². The summed E-state index contributed by atoms with van der Waals surface area (Å²) in [7, 11) is -4.13. The third-order valence-electron chi connectivity index (χ3n) is 8.48. The predicted molar refractivity (Wildman–Crippen MR) is 186 cm³/mol. The molecule has 0 aliphatic heterocycles. The van der Waals surface area contributed by atoms with E-state index in [0.717, 1.165) is 47.7 Å². The van der Waals surface area contributed by atoms with Crippen molar-refractivity contribution in [2.24, 2.45) is 0 Å². The standard InChI is InChI=1S/C37H40BrN3O4S/c1-28-13-11-12-20-34(28)41(46(44,45)33-18-9-4-10-19-33)27-36(42)40(26-30-21-23-31(38)24-22-30)35(25-29-14-5-2-6-15-29)37(43)39-32-16-7-3-8-17-32/h2,4-6,9-15,18-24,32,35H,3,7-8,16-17,25-27H2,1H3,(H,39,43)/t35-/m0/s1. The van der Waals surface area contributed by atoms with Gasteiger partial charge >= 0.3 is 0 Å². The van der Waals surface area contributed by atoms with Gasteiger partial charge in [0.1, 0.15) is 12.6 Å². The van der Waals surface area contributed by atoms with E-state index in [1.165, 1.54) is 16.4 Å². The molecule has 1 aliphatic carbocycles. The number of anilines is 1. The van der Waals surface area contributed by atoms with Crippen LogP contribution in [0.2, 0.25) is 0 Å². The second-order valence-electron chi connectivity index (χ2n) is 11.8. The lowest BCUT2D eigenvalue weighted by molar-refractivity contribution is -0.140. The number of hydrogen-bond donors (Lipinski definition) is 1. The van der Waals surface area contributed by atoms with Crippen molar-refractivity contribution in [3.05, 3.63) is 130 Å². The normalized spacial score (nSPS) is 14.3. The van der Waals surface area contributed by atoms with Crippen LogP contribution in [0.4, 0.5) is 5.69 Å². The molecule has 46 heavy (non-hydrogen) atoms. The number of nitrogens with zero attached hydrogens (tertiary/aromatic N) is 2. The summed E-state index contributed by atoms with van der Waals surface area (Å²) in [5.41, 5.74) is 2.86. The molecule has 4 aromatic rings. The maximum Gasteiger partial charge on any atom is 0.264 e. The highest BCUT2D eigenvalue weighted by Gasteiger charge is 2.35. The molecule has 1 aliphatic rings. The molecule has 7 nitrogen and oxygen atoms in total. The van der Waals surface area contributed by atoms with Crippen molar-refractivity contribution in [3.63, 3.8) is 0 Å². The van der Waals surface area contributed by atoms with Gasteiger partial charge in [0.15, 0.2) is 0 Å². The van der Waals surface area contributed by atoms with Gasteiger partial charge in [-0.15, -0.1) is 0 Å². The molecule has 0 spiro atoms. The maximum atomic E-state index is 14.6. The number of aryl methyl sites for hydroxylation is 1. The zero-order valence-electron chi connectivity index (χ0n) is 26.0. The average molecular weight is 703 g/mol. The second-order valence-corrected chi connectivity index (χ2v) is 14.6. The number of para-hydroxylation sites is 1. The zero-order valence-corrected chi connectivity index (χ0v) is 28.4. The van der Waals surface area contributed by atoms with E-state index in [9.17, 15) is 18.0 Å². The number of amides is 2. The Balaban J connectivity index is 1.56. The van der Waals surface area contributed by atoms with E-state index in [0.29, 0.717) is 11.3 Å². The molecular formula is C37H40BrN3O4S. The summed E-state index contributed by atoms with van der Waals surface area (Å²) in [5, 5.41) is 3.25. The first-order valence-electron chi connectivity index (χ1n) is 15.7. The van der Waals surface area contributed by atoms with Crippen LogP contribution in [0, 0.1) is 6.92 Å². The number of nitrogens with one attached hydrogen (secondary N) is 1. The Morgan fingerprint density at radius 1 is 0.804 bits per heavy atom. The minimum Gasteiger partial charge on any atom is -0.352 e. The van der Waals surface area contributed by atoms with E-state index in [-0.39, 0.29) is 29.8 Å². The van der Waals surface area contributed by atoms with Crippen molar-refractivity contribution >= 4 is 43.5 Å². The molecule has 0 aromatic heterocycles. The van der Waals surface area contributed by atoms with E-state index in [1.54, 1.807) is 35.2 Å². The smallest absolute Gasteiger partial charge is 0.264 e. The number of halogens is 1. The van der Waals surface area contributed by atoms with Gasteiger partial charge in [0.05, 0.1) is 10.6 Å². The molecule has 2 amide bonds. The summed E-state index contributed by atoms with van der Waals surface area (Å²) in [6.45, 7) is 1.48. The quantitative estimate of drug-likeness (QED) is 0.172. The summed E-state index contributed by atoms with van der Waals surface area (Å²) >= 11 is 3.48. The Morgan fingerprint density at radius 2 is 1.41 bits per heavy atom. The highest BCUT2D eigenvalue weighted by atomic mass is 79.9. The zero-order chi connectivity index (χ0) is 32.5. The third-order valence-corrected chi connectivity index (χ3v) is 10.8. The van der Waals surface area contributed by atoms with Gasteiger partial charge in [0.25, 0.3) is 10.0 Å². The van der Waals surface area contributed by atoms with Gasteiger partial charge in [-0.05, 0) is 66.8 Å². The van der Waals surface area contributed by atoms with E-state index >= 15 is 0 Å². The minimum atomic E-state index is -4.13. The van der Waals surface area contributed by atoms with Crippen molar-refractivity contribution in [2.45, 2.75) is 69.0 Å². The molecule has 9 heteroatoms. The molecule has 0 saturated heterocycles. The van der Waals surface area contributed by atoms with Crippen molar-refractivity contribution < 1.29 is 18.0 Å². The van der Waals surface area contributed by atoms with Gasteiger partial charge in [-0.25, -0.2) is 8.42 Å². The van der Waals surface area contributed by atoms with Crippen LogP contribution in [0.1, 0.15) is 48.8 Å². The maximum absolute atomic E-state index is 14.6. The van der Waals surface area contributed by atoms with E-state index in [1.807, 2.05) is 73.7 Å². The van der Waals surface area contributed by atoms with Crippen LogP contribution in [0.5, 0.6) is 0 Å². The number of benzene rings is 4. The Bertz CT molecular complexity index is 1710.